The highest BCUT2D eigenvalue weighted by molar-refractivity contribution is 5.94. The average molecular weight is 425 g/mol. The summed E-state index contributed by atoms with van der Waals surface area (Å²) >= 11 is 0. The molecule has 2 aliphatic rings. The summed E-state index contributed by atoms with van der Waals surface area (Å²) in [5.74, 6) is -0.323. The van der Waals surface area contributed by atoms with Crippen LogP contribution in [0.2, 0.25) is 0 Å². The molecule has 164 valence electrons. The monoisotopic (exact) mass is 425 g/mol. The number of aromatic nitrogens is 1. The van der Waals surface area contributed by atoms with Crippen LogP contribution in [0.15, 0.2) is 48.7 Å². The molecule has 0 unspecified atom stereocenters. The Bertz CT molecular complexity index is 960. The Morgan fingerprint density at radius 1 is 1.13 bits per heavy atom. The Morgan fingerprint density at radius 2 is 1.90 bits per heavy atom. The first-order chi connectivity index (χ1) is 15.0. The summed E-state index contributed by atoms with van der Waals surface area (Å²) in [6.07, 6.45) is 1.32. The number of hydrogen-bond acceptors (Lipinski definition) is 5. The predicted octanol–water partition coefficient (Wildman–Crippen LogP) is 1.49. The predicted molar refractivity (Wildman–Crippen MR) is 113 cm³/mol. The van der Waals surface area contributed by atoms with Gasteiger partial charge in [0.05, 0.1) is 25.9 Å². The van der Waals surface area contributed by atoms with Gasteiger partial charge in [-0.05, 0) is 17.7 Å². The molecule has 1 aromatic heterocycles. The smallest absolute Gasteiger partial charge is 0.322 e. The number of ether oxygens (including phenoxy) is 1. The third-order valence-electron chi connectivity index (χ3n) is 5.68. The summed E-state index contributed by atoms with van der Waals surface area (Å²) in [6.45, 7) is 1.58. The van der Waals surface area contributed by atoms with Crippen LogP contribution in [0.4, 0.5) is 4.79 Å². The van der Waals surface area contributed by atoms with Crippen LogP contribution in [-0.4, -0.2) is 77.3 Å². The maximum absolute atomic E-state index is 13.0. The van der Waals surface area contributed by atoms with Crippen molar-refractivity contribution in [2.75, 3.05) is 34.0 Å². The van der Waals surface area contributed by atoms with Gasteiger partial charge < -0.3 is 24.4 Å². The second kappa shape index (κ2) is 8.91. The van der Waals surface area contributed by atoms with Crippen molar-refractivity contribution in [3.05, 3.63) is 59.9 Å². The second-order valence-electron chi connectivity index (χ2n) is 8.02. The first-order valence-corrected chi connectivity index (χ1v) is 10.2. The van der Waals surface area contributed by atoms with Crippen LogP contribution >= 0.6 is 0 Å². The summed E-state index contributed by atoms with van der Waals surface area (Å²) in [5.41, 5.74) is 1.64. The Labute approximate surface area is 181 Å². The molecule has 3 heterocycles. The highest BCUT2D eigenvalue weighted by Crippen LogP contribution is 2.25. The topological polar surface area (TPSA) is 87.1 Å². The van der Waals surface area contributed by atoms with E-state index >= 15 is 0 Å². The molecule has 9 heteroatoms. The van der Waals surface area contributed by atoms with Gasteiger partial charge in [0, 0.05) is 33.3 Å². The van der Waals surface area contributed by atoms with E-state index in [1.807, 2.05) is 30.3 Å². The van der Waals surface area contributed by atoms with Gasteiger partial charge in [0.2, 0.25) is 0 Å². The van der Waals surface area contributed by atoms with E-state index in [1.165, 1.54) is 7.11 Å². The molecular formula is C22H27N5O4. The van der Waals surface area contributed by atoms with Gasteiger partial charge in [0.25, 0.3) is 5.91 Å². The van der Waals surface area contributed by atoms with Crippen molar-refractivity contribution >= 4 is 17.7 Å². The molecule has 1 saturated heterocycles. The number of hydrogen-bond donors (Lipinski definition) is 1. The standard InChI is InChI=1S/C22H27N5O4/c1-24-14-25(12-16-7-4-3-5-8-16)15-26(22(24)30)13-17(28)11-19-21(31-2)23-20(29)18-9-6-10-27(18)19/h3-10,19,21H,11-15H2,1-2H3,(H,23,29)/t19-,21-/m1/s1. The van der Waals surface area contributed by atoms with E-state index in [0.717, 1.165) is 5.56 Å². The fourth-order valence-electron chi connectivity index (χ4n) is 4.26. The molecule has 2 aromatic rings. The minimum Gasteiger partial charge on any atom is -0.359 e. The Kier molecular flexibility index (Phi) is 6.06. The molecule has 1 aromatic carbocycles. The molecule has 1 N–H and O–H groups in total. The van der Waals surface area contributed by atoms with E-state index < -0.39 is 6.23 Å². The molecule has 31 heavy (non-hydrogen) atoms. The molecule has 9 nitrogen and oxygen atoms in total. The van der Waals surface area contributed by atoms with Gasteiger partial charge in [0.1, 0.15) is 5.69 Å². The Morgan fingerprint density at radius 3 is 2.65 bits per heavy atom. The Balaban J connectivity index is 1.43. The van der Waals surface area contributed by atoms with E-state index in [1.54, 1.807) is 39.7 Å². The number of benzene rings is 1. The molecule has 0 saturated carbocycles. The van der Waals surface area contributed by atoms with E-state index in [9.17, 15) is 14.4 Å². The van der Waals surface area contributed by atoms with Crippen molar-refractivity contribution < 1.29 is 19.1 Å². The third kappa shape index (κ3) is 4.47. The van der Waals surface area contributed by atoms with E-state index in [-0.39, 0.29) is 36.7 Å². The van der Waals surface area contributed by atoms with Gasteiger partial charge in [-0.1, -0.05) is 30.3 Å². The molecular weight excluding hydrogens is 398 g/mol. The number of amides is 3. The average Bonchev–Trinajstić information content (AvgIpc) is 3.25. The minimum absolute atomic E-state index is 0.00590. The number of fused-ring (bicyclic) bond motifs is 1. The minimum atomic E-state index is -0.606. The molecule has 0 aliphatic carbocycles. The van der Waals surface area contributed by atoms with Gasteiger partial charge in [-0.15, -0.1) is 0 Å². The summed E-state index contributed by atoms with van der Waals surface area (Å²) < 4.78 is 7.19. The van der Waals surface area contributed by atoms with Crippen LogP contribution in [0.1, 0.15) is 28.5 Å². The normalized spacial score (nSPS) is 21.7. The first-order valence-electron chi connectivity index (χ1n) is 10.2. The van der Waals surface area contributed by atoms with Gasteiger partial charge in [-0.25, -0.2) is 4.79 Å². The second-order valence-corrected chi connectivity index (χ2v) is 8.02. The molecule has 0 spiro atoms. The SMILES string of the molecule is CO[C@H]1NC(=O)c2cccn2[C@@H]1CC(=O)CN1CN(Cc2ccccc2)CN(C)C1=O. The van der Waals surface area contributed by atoms with Gasteiger partial charge in [0.15, 0.2) is 12.0 Å². The van der Waals surface area contributed by atoms with Gasteiger partial charge >= 0.3 is 6.03 Å². The molecule has 0 bridgehead atoms. The quantitative estimate of drug-likeness (QED) is 0.726. The number of ketones is 1. The summed E-state index contributed by atoms with van der Waals surface area (Å²) in [6, 6.07) is 13.0. The van der Waals surface area contributed by atoms with Crippen molar-refractivity contribution in [2.24, 2.45) is 0 Å². The maximum Gasteiger partial charge on any atom is 0.322 e. The molecule has 2 aliphatic heterocycles. The number of nitrogens with one attached hydrogen (secondary N) is 1. The summed E-state index contributed by atoms with van der Waals surface area (Å²) in [5, 5.41) is 2.79. The van der Waals surface area contributed by atoms with Crippen molar-refractivity contribution in [2.45, 2.75) is 25.2 Å². The lowest BCUT2D eigenvalue weighted by Crippen LogP contribution is -2.57. The molecule has 3 amide bonds. The highest BCUT2D eigenvalue weighted by Gasteiger charge is 2.36. The van der Waals surface area contributed by atoms with Crippen LogP contribution in [-0.2, 0) is 16.1 Å². The fourth-order valence-corrected chi connectivity index (χ4v) is 4.26. The fraction of sp³-hybridized carbons (Fsp3) is 0.409. The molecule has 2 atom stereocenters. The van der Waals surface area contributed by atoms with Crippen LogP contribution < -0.4 is 5.32 Å². The third-order valence-corrected chi connectivity index (χ3v) is 5.68. The number of nitrogens with zero attached hydrogens (tertiary/aromatic N) is 4. The number of rotatable bonds is 7. The van der Waals surface area contributed by atoms with Crippen molar-refractivity contribution in [3.63, 3.8) is 0 Å². The van der Waals surface area contributed by atoms with Gasteiger partial charge in [-0.3, -0.25) is 14.5 Å². The maximum atomic E-state index is 13.0. The molecule has 4 rings (SSSR count). The molecule has 0 radical (unpaired) electrons. The number of carbonyl (C=O) groups excluding carboxylic acids is 3. The van der Waals surface area contributed by atoms with Crippen LogP contribution in [0, 0.1) is 0 Å². The molecule has 1 fully saturated rings. The van der Waals surface area contributed by atoms with Crippen molar-refractivity contribution in [1.29, 1.82) is 0 Å². The first kappa shape index (κ1) is 21.1. The van der Waals surface area contributed by atoms with Gasteiger partial charge in [-0.2, -0.15) is 0 Å². The van der Waals surface area contributed by atoms with Crippen molar-refractivity contribution in [3.8, 4) is 0 Å². The number of methoxy groups -OCH3 is 1. The number of carbonyl (C=O) groups is 3. The largest absolute Gasteiger partial charge is 0.359 e. The van der Waals surface area contributed by atoms with E-state index in [0.29, 0.717) is 25.6 Å². The summed E-state index contributed by atoms with van der Waals surface area (Å²) in [7, 11) is 3.24. The lowest BCUT2D eigenvalue weighted by atomic mass is 10.1. The highest BCUT2D eigenvalue weighted by atomic mass is 16.5. The Hall–Kier alpha value is -3.17. The van der Waals surface area contributed by atoms with Crippen LogP contribution in [0.5, 0.6) is 0 Å². The van der Waals surface area contributed by atoms with E-state index in [4.69, 9.17) is 4.74 Å². The zero-order chi connectivity index (χ0) is 22.0. The zero-order valence-corrected chi connectivity index (χ0v) is 17.7. The summed E-state index contributed by atoms with van der Waals surface area (Å²) in [4.78, 5) is 43.1. The van der Waals surface area contributed by atoms with E-state index in [2.05, 4.69) is 10.2 Å². The lowest BCUT2D eigenvalue weighted by molar-refractivity contribution is -0.123. The lowest BCUT2D eigenvalue weighted by Gasteiger charge is -2.40. The zero-order valence-electron chi connectivity index (χ0n) is 17.7. The van der Waals surface area contributed by atoms with Crippen LogP contribution in [0.25, 0.3) is 0 Å². The van der Waals surface area contributed by atoms with Crippen molar-refractivity contribution in [1.82, 2.24) is 24.6 Å². The number of urea groups is 1. The van der Waals surface area contributed by atoms with Crippen LogP contribution in [0.3, 0.4) is 0 Å². The number of Topliss-reactive ketones (excluding diaryl/α,β-unsaturated/α-hetero) is 1.